The van der Waals surface area contributed by atoms with Crippen LogP contribution in [-0.4, -0.2) is 46.1 Å². The van der Waals surface area contributed by atoms with Gasteiger partial charge in [0.25, 0.3) is 0 Å². The lowest BCUT2D eigenvalue weighted by Gasteiger charge is -2.27. The number of ether oxygens (including phenoxy) is 2. The zero-order chi connectivity index (χ0) is 16.3. The maximum absolute atomic E-state index is 12.3. The maximum atomic E-state index is 12.3. The van der Waals surface area contributed by atoms with E-state index in [1.807, 2.05) is 27.7 Å². The normalized spacial score (nSPS) is 19.2. The van der Waals surface area contributed by atoms with Gasteiger partial charge >= 0.3 is 12.0 Å². The van der Waals surface area contributed by atoms with E-state index in [9.17, 15) is 4.79 Å². The van der Waals surface area contributed by atoms with E-state index in [1.54, 1.807) is 13.3 Å². The van der Waals surface area contributed by atoms with Gasteiger partial charge in [-0.1, -0.05) is 0 Å². The summed E-state index contributed by atoms with van der Waals surface area (Å²) in [6.45, 7) is 9.15. The molecule has 0 aromatic carbocycles. The zero-order valence-corrected chi connectivity index (χ0v) is 14.0. The third-order valence-electron chi connectivity index (χ3n) is 3.66. The monoisotopic (exact) mass is 307 g/mol. The molecular formula is C16H25N3O3. The van der Waals surface area contributed by atoms with Crippen molar-refractivity contribution in [3.63, 3.8) is 0 Å². The van der Waals surface area contributed by atoms with Gasteiger partial charge in [0.05, 0.1) is 7.11 Å². The smallest absolute Gasteiger partial charge is 0.323 e. The van der Waals surface area contributed by atoms with E-state index in [1.165, 1.54) is 0 Å². The van der Waals surface area contributed by atoms with Gasteiger partial charge in [0.15, 0.2) is 0 Å². The average molecular weight is 307 g/mol. The van der Waals surface area contributed by atoms with E-state index in [2.05, 4.69) is 14.9 Å². The van der Waals surface area contributed by atoms with Gasteiger partial charge in [0, 0.05) is 24.0 Å². The standard InChI is InChI=1S/C16H25N3O3/c1-11-12(9-17-15(18-11)21-5)10-19-8-6-7-13(19)14(20)22-16(2,3)4/h9,13H,6-8,10H2,1-5H3. The number of aromatic nitrogens is 2. The molecule has 6 nitrogen and oxygen atoms in total. The molecular weight excluding hydrogens is 282 g/mol. The Kier molecular flexibility index (Phi) is 5.01. The number of aryl methyl sites for hydroxylation is 1. The third kappa shape index (κ3) is 4.16. The highest BCUT2D eigenvalue weighted by Gasteiger charge is 2.34. The van der Waals surface area contributed by atoms with Crippen molar-refractivity contribution in [2.24, 2.45) is 0 Å². The van der Waals surface area contributed by atoms with Crippen LogP contribution in [0.1, 0.15) is 44.9 Å². The molecule has 22 heavy (non-hydrogen) atoms. The van der Waals surface area contributed by atoms with Crippen molar-refractivity contribution in [2.45, 2.75) is 58.7 Å². The minimum Gasteiger partial charge on any atom is -0.467 e. The Morgan fingerprint density at radius 3 is 2.77 bits per heavy atom. The molecule has 1 unspecified atom stereocenters. The second kappa shape index (κ2) is 6.60. The van der Waals surface area contributed by atoms with Gasteiger partial charge in [0.2, 0.25) is 0 Å². The number of carbonyl (C=O) groups excluding carboxylic acids is 1. The minimum absolute atomic E-state index is 0.142. The van der Waals surface area contributed by atoms with E-state index in [-0.39, 0.29) is 12.0 Å². The first-order valence-corrected chi connectivity index (χ1v) is 7.63. The first kappa shape index (κ1) is 16.7. The highest BCUT2D eigenvalue weighted by Crippen LogP contribution is 2.24. The minimum atomic E-state index is -0.454. The predicted octanol–water partition coefficient (Wildman–Crippen LogP) is 2.10. The topological polar surface area (TPSA) is 64.5 Å². The Balaban J connectivity index is 2.07. The van der Waals surface area contributed by atoms with Crippen molar-refractivity contribution >= 4 is 5.97 Å². The highest BCUT2D eigenvalue weighted by molar-refractivity contribution is 5.76. The summed E-state index contributed by atoms with van der Waals surface area (Å²) in [4.78, 5) is 22.9. The number of rotatable bonds is 4. The average Bonchev–Trinajstić information content (AvgIpc) is 2.87. The van der Waals surface area contributed by atoms with E-state index in [0.29, 0.717) is 12.6 Å². The van der Waals surface area contributed by atoms with Crippen molar-refractivity contribution in [2.75, 3.05) is 13.7 Å². The fourth-order valence-corrected chi connectivity index (χ4v) is 2.60. The quantitative estimate of drug-likeness (QED) is 0.794. The van der Waals surface area contributed by atoms with Crippen molar-refractivity contribution < 1.29 is 14.3 Å². The Bertz CT molecular complexity index is 540. The van der Waals surface area contributed by atoms with Crippen LogP contribution in [0, 0.1) is 6.92 Å². The molecule has 1 aromatic heterocycles. The van der Waals surface area contributed by atoms with Gasteiger partial charge in [0.1, 0.15) is 11.6 Å². The first-order valence-electron chi connectivity index (χ1n) is 7.63. The number of hydrogen-bond donors (Lipinski definition) is 0. The lowest BCUT2D eigenvalue weighted by molar-refractivity contribution is -0.160. The summed E-state index contributed by atoms with van der Waals surface area (Å²) in [5.41, 5.74) is 1.43. The number of esters is 1. The molecule has 0 N–H and O–H groups in total. The third-order valence-corrected chi connectivity index (χ3v) is 3.66. The molecule has 1 saturated heterocycles. The zero-order valence-electron chi connectivity index (χ0n) is 14.0. The number of likely N-dealkylation sites (tertiary alicyclic amines) is 1. The molecule has 0 aliphatic carbocycles. The molecule has 1 aliphatic rings. The van der Waals surface area contributed by atoms with Gasteiger partial charge in [-0.25, -0.2) is 9.97 Å². The van der Waals surface area contributed by atoms with Crippen molar-refractivity contribution in [3.05, 3.63) is 17.5 Å². The van der Waals surface area contributed by atoms with Crippen LogP contribution in [0.3, 0.4) is 0 Å². The highest BCUT2D eigenvalue weighted by atomic mass is 16.6. The Morgan fingerprint density at radius 1 is 1.45 bits per heavy atom. The van der Waals surface area contributed by atoms with Gasteiger partial charge in [-0.15, -0.1) is 0 Å². The van der Waals surface area contributed by atoms with Crippen LogP contribution in [0.4, 0.5) is 0 Å². The summed E-state index contributed by atoms with van der Waals surface area (Å²) in [6, 6.07) is 0.187. The molecule has 0 amide bonds. The number of methoxy groups -OCH3 is 1. The summed E-state index contributed by atoms with van der Waals surface area (Å²) in [6.07, 6.45) is 3.61. The van der Waals surface area contributed by atoms with Crippen LogP contribution < -0.4 is 4.74 Å². The molecule has 0 bridgehead atoms. The maximum Gasteiger partial charge on any atom is 0.323 e. The summed E-state index contributed by atoms with van der Waals surface area (Å²) in [7, 11) is 1.55. The molecule has 2 heterocycles. The molecule has 6 heteroatoms. The van der Waals surface area contributed by atoms with Crippen molar-refractivity contribution in [1.82, 2.24) is 14.9 Å². The van der Waals surface area contributed by atoms with Gasteiger partial charge in [-0.05, 0) is 47.1 Å². The van der Waals surface area contributed by atoms with Gasteiger partial charge in [-0.2, -0.15) is 0 Å². The first-order chi connectivity index (χ1) is 10.3. The van der Waals surface area contributed by atoms with Crippen LogP contribution in [0.5, 0.6) is 6.01 Å². The molecule has 0 saturated carbocycles. The molecule has 0 radical (unpaired) electrons. The van der Waals surface area contributed by atoms with E-state index >= 15 is 0 Å². The molecule has 1 aromatic rings. The van der Waals surface area contributed by atoms with Crippen LogP contribution in [-0.2, 0) is 16.1 Å². The van der Waals surface area contributed by atoms with E-state index in [0.717, 1.165) is 30.6 Å². The molecule has 0 spiro atoms. The molecule has 1 fully saturated rings. The Morgan fingerprint density at radius 2 is 2.18 bits per heavy atom. The Hall–Kier alpha value is -1.69. The van der Waals surface area contributed by atoms with Crippen molar-refractivity contribution in [3.8, 4) is 6.01 Å². The lowest BCUT2D eigenvalue weighted by atomic mass is 10.1. The number of carbonyl (C=O) groups is 1. The summed E-state index contributed by atoms with van der Waals surface area (Å²) in [5, 5.41) is 0. The lowest BCUT2D eigenvalue weighted by Crippen LogP contribution is -2.40. The molecule has 122 valence electrons. The Labute approximate surface area is 131 Å². The molecule has 2 rings (SSSR count). The van der Waals surface area contributed by atoms with Gasteiger partial charge < -0.3 is 9.47 Å². The molecule has 1 aliphatic heterocycles. The van der Waals surface area contributed by atoms with Crippen molar-refractivity contribution in [1.29, 1.82) is 0 Å². The summed E-state index contributed by atoms with van der Waals surface area (Å²) >= 11 is 0. The largest absolute Gasteiger partial charge is 0.467 e. The molecule has 1 atom stereocenters. The second-order valence-electron chi connectivity index (χ2n) is 6.63. The SMILES string of the molecule is COc1ncc(CN2CCCC2C(=O)OC(C)(C)C)c(C)n1. The van der Waals surface area contributed by atoms with Gasteiger partial charge in [-0.3, -0.25) is 9.69 Å². The van der Waals surface area contributed by atoms with E-state index < -0.39 is 5.60 Å². The second-order valence-corrected chi connectivity index (χ2v) is 6.63. The number of nitrogens with zero attached hydrogens (tertiary/aromatic N) is 3. The fraction of sp³-hybridized carbons (Fsp3) is 0.688. The van der Waals surface area contributed by atoms with E-state index in [4.69, 9.17) is 9.47 Å². The van der Waals surface area contributed by atoms with Crippen LogP contribution in [0.15, 0.2) is 6.20 Å². The van der Waals surface area contributed by atoms with Crippen LogP contribution in [0.2, 0.25) is 0 Å². The summed E-state index contributed by atoms with van der Waals surface area (Å²) in [5.74, 6) is -0.142. The predicted molar refractivity (Wildman–Crippen MR) is 82.6 cm³/mol. The number of hydrogen-bond acceptors (Lipinski definition) is 6. The summed E-state index contributed by atoms with van der Waals surface area (Å²) < 4.78 is 10.5. The van der Waals surface area contributed by atoms with Crippen LogP contribution >= 0.6 is 0 Å². The van der Waals surface area contributed by atoms with Crippen LogP contribution in [0.25, 0.3) is 0 Å². The fourth-order valence-electron chi connectivity index (χ4n) is 2.60.